The number of hydrogen-bond acceptors (Lipinski definition) is 5. The number of likely N-dealkylation sites (N-methyl/N-ethyl adjacent to an activating group) is 2. The summed E-state index contributed by atoms with van der Waals surface area (Å²) in [6.07, 6.45) is -4.70. The van der Waals surface area contributed by atoms with Crippen LogP contribution in [-0.2, 0) is 22.3 Å². The molecule has 0 bridgehead atoms. The van der Waals surface area contributed by atoms with Gasteiger partial charge in [-0.1, -0.05) is 29.4 Å². The van der Waals surface area contributed by atoms with Crippen molar-refractivity contribution in [2.75, 3.05) is 21.1 Å². The molecule has 2 rings (SSSR count). The van der Waals surface area contributed by atoms with Crippen LogP contribution in [0.25, 0.3) is 11.4 Å². The minimum atomic E-state index is -4.70. The Morgan fingerprint density at radius 2 is 1.68 bits per heavy atom. The van der Waals surface area contributed by atoms with E-state index >= 15 is 0 Å². The van der Waals surface area contributed by atoms with Crippen molar-refractivity contribution < 1.29 is 27.3 Å². The molecule has 0 unspecified atom stereocenters. The molecule has 0 aliphatic heterocycles. The second kappa shape index (κ2) is 6.91. The second-order valence-corrected chi connectivity index (χ2v) is 5.48. The van der Waals surface area contributed by atoms with Gasteiger partial charge in [-0.05, 0) is 5.56 Å². The zero-order valence-corrected chi connectivity index (χ0v) is 13.7. The van der Waals surface area contributed by atoms with Gasteiger partial charge in [0.2, 0.25) is 5.82 Å². The van der Waals surface area contributed by atoms with Crippen molar-refractivity contribution in [1.29, 1.82) is 0 Å². The van der Waals surface area contributed by atoms with Crippen molar-refractivity contribution in [2.45, 2.75) is 12.7 Å². The fourth-order valence-electron chi connectivity index (χ4n) is 1.92. The maximum Gasteiger partial charge on any atom is 0.471 e. The van der Waals surface area contributed by atoms with Crippen LogP contribution >= 0.6 is 0 Å². The molecular formula is C15H15F3N4O3. The number of aromatic nitrogens is 2. The average molecular weight is 356 g/mol. The molecule has 1 aromatic carbocycles. The highest BCUT2D eigenvalue weighted by atomic mass is 19.4. The van der Waals surface area contributed by atoms with Gasteiger partial charge in [0.05, 0.1) is 0 Å². The highest BCUT2D eigenvalue weighted by Gasteiger charge is 2.38. The minimum Gasteiger partial charge on any atom is -0.341 e. The van der Waals surface area contributed by atoms with E-state index in [4.69, 9.17) is 0 Å². The van der Waals surface area contributed by atoms with Gasteiger partial charge < -0.3 is 14.3 Å². The minimum absolute atomic E-state index is 0.165. The third-order valence-electron chi connectivity index (χ3n) is 3.24. The summed E-state index contributed by atoms with van der Waals surface area (Å²) in [6.45, 7) is 0.165. The number of carbonyl (C=O) groups excluding carboxylic acids is 2. The van der Waals surface area contributed by atoms with Gasteiger partial charge in [-0.15, -0.1) is 0 Å². The Labute approximate surface area is 141 Å². The van der Waals surface area contributed by atoms with Crippen molar-refractivity contribution in [3.63, 3.8) is 0 Å². The van der Waals surface area contributed by atoms with Gasteiger partial charge >= 0.3 is 23.9 Å². The van der Waals surface area contributed by atoms with Crippen LogP contribution in [0.15, 0.2) is 28.8 Å². The smallest absolute Gasteiger partial charge is 0.341 e. The molecule has 0 atom stereocenters. The van der Waals surface area contributed by atoms with Crippen LogP contribution in [0, 0.1) is 0 Å². The molecule has 2 aromatic rings. The van der Waals surface area contributed by atoms with Gasteiger partial charge in [0.25, 0.3) is 0 Å². The first-order valence-electron chi connectivity index (χ1n) is 7.06. The summed E-state index contributed by atoms with van der Waals surface area (Å²) < 4.78 is 41.5. The molecule has 10 heteroatoms. The molecule has 1 heterocycles. The Morgan fingerprint density at radius 3 is 2.16 bits per heavy atom. The molecule has 0 aliphatic rings. The fourth-order valence-corrected chi connectivity index (χ4v) is 1.92. The highest BCUT2D eigenvalue weighted by molar-refractivity contribution is 6.34. The molecule has 0 N–H and O–H groups in total. The predicted octanol–water partition coefficient (Wildman–Crippen LogP) is 1.80. The Bertz CT molecular complexity index is 769. The summed E-state index contributed by atoms with van der Waals surface area (Å²) in [7, 11) is 4.43. The van der Waals surface area contributed by atoms with Crippen LogP contribution < -0.4 is 0 Å². The molecule has 0 saturated heterocycles. The van der Waals surface area contributed by atoms with Gasteiger partial charge in [0, 0.05) is 33.3 Å². The highest BCUT2D eigenvalue weighted by Crippen LogP contribution is 2.29. The third kappa shape index (κ3) is 4.34. The number of hydrogen-bond donors (Lipinski definition) is 0. The number of benzene rings is 1. The molecule has 1 aromatic heterocycles. The summed E-state index contributed by atoms with van der Waals surface area (Å²) in [5.41, 5.74) is 1.02. The maximum atomic E-state index is 12.5. The lowest BCUT2D eigenvalue weighted by molar-refractivity contribution is -0.159. The van der Waals surface area contributed by atoms with Crippen LogP contribution in [0.1, 0.15) is 11.5 Å². The second-order valence-electron chi connectivity index (χ2n) is 5.48. The summed E-state index contributed by atoms with van der Waals surface area (Å²) in [5, 5.41) is 3.29. The van der Waals surface area contributed by atoms with Crippen molar-refractivity contribution in [1.82, 2.24) is 19.9 Å². The lowest BCUT2D eigenvalue weighted by Crippen LogP contribution is -2.40. The van der Waals surface area contributed by atoms with E-state index in [-0.39, 0.29) is 12.4 Å². The Balaban J connectivity index is 2.08. The van der Waals surface area contributed by atoms with Gasteiger partial charge in [0.15, 0.2) is 0 Å². The van der Waals surface area contributed by atoms with E-state index in [0.29, 0.717) is 11.1 Å². The molecule has 0 spiro atoms. The summed E-state index contributed by atoms with van der Waals surface area (Å²) in [5.74, 6) is -2.92. The number of rotatable bonds is 3. The Kier molecular flexibility index (Phi) is 5.10. The molecular weight excluding hydrogens is 341 g/mol. The van der Waals surface area contributed by atoms with Crippen LogP contribution in [0.4, 0.5) is 13.2 Å². The Hall–Kier alpha value is -2.91. The zero-order valence-electron chi connectivity index (χ0n) is 13.7. The molecule has 2 amide bonds. The van der Waals surface area contributed by atoms with Gasteiger partial charge in [-0.25, -0.2) is 0 Å². The quantitative estimate of drug-likeness (QED) is 0.784. The van der Waals surface area contributed by atoms with Gasteiger partial charge in [-0.2, -0.15) is 18.2 Å². The molecule has 0 fully saturated rings. The average Bonchev–Trinajstić information content (AvgIpc) is 3.04. The van der Waals surface area contributed by atoms with E-state index in [2.05, 4.69) is 14.7 Å². The van der Waals surface area contributed by atoms with E-state index in [0.717, 1.165) is 0 Å². The molecule has 134 valence electrons. The van der Waals surface area contributed by atoms with Crippen molar-refractivity contribution >= 4 is 11.8 Å². The van der Waals surface area contributed by atoms with Crippen molar-refractivity contribution in [3.8, 4) is 11.4 Å². The molecule has 0 radical (unpaired) electrons. The van der Waals surface area contributed by atoms with E-state index in [1.807, 2.05) is 0 Å². The van der Waals surface area contributed by atoms with Gasteiger partial charge in [-0.3, -0.25) is 9.59 Å². The van der Waals surface area contributed by atoms with Gasteiger partial charge in [0.1, 0.15) is 0 Å². The predicted molar refractivity (Wildman–Crippen MR) is 79.9 cm³/mol. The largest absolute Gasteiger partial charge is 0.471 e. The standard InChI is InChI=1S/C15H15F3N4O3/c1-21(2)12(23)13(24)22(3)8-9-4-6-10(7-5-9)11-19-14(25-20-11)15(16,17)18/h4-7H,8H2,1-3H3. The molecule has 0 saturated carbocycles. The van der Waals surface area contributed by atoms with Crippen molar-refractivity contribution in [2.24, 2.45) is 0 Å². The maximum absolute atomic E-state index is 12.5. The topological polar surface area (TPSA) is 79.5 Å². The number of nitrogens with zero attached hydrogens (tertiary/aromatic N) is 4. The summed E-state index contributed by atoms with van der Waals surface area (Å²) in [6, 6.07) is 6.21. The van der Waals surface area contributed by atoms with E-state index in [1.54, 1.807) is 12.1 Å². The SMILES string of the molecule is CN(C)C(=O)C(=O)N(C)Cc1ccc(-c2noc(C(F)(F)F)n2)cc1. The molecule has 25 heavy (non-hydrogen) atoms. The third-order valence-corrected chi connectivity index (χ3v) is 3.24. The van der Waals surface area contributed by atoms with E-state index < -0.39 is 23.9 Å². The van der Waals surface area contributed by atoms with Crippen LogP contribution in [0.3, 0.4) is 0 Å². The number of carbonyl (C=O) groups is 2. The van der Waals surface area contributed by atoms with E-state index in [1.165, 1.54) is 43.1 Å². The summed E-state index contributed by atoms with van der Waals surface area (Å²) in [4.78, 5) is 29.2. The normalized spacial score (nSPS) is 11.3. The van der Waals surface area contributed by atoms with E-state index in [9.17, 15) is 22.8 Å². The zero-order chi connectivity index (χ0) is 18.8. The molecule has 7 nitrogen and oxygen atoms in total. The van der Waals surface area contributed by atoms with Crippen LogP contribution in [0.5, 0.6) is 0 Å². The Morgan fingerprint density at radius 1 is 1.08 bits per heavy atom. The lowest BCUT2D eigenvalue weighted by atomic mass is 10.1. The lowest BCUT2D eigenvalue weighted by Gasteiger charge is -2.19. The monoisotopic (exact) mass is 356 g/mol. The molecule has 0 aliphatic carbocycles. The van der Waals surface area contributed by atoms with Crippen molar-refractivity contribution in [3.05, 3.63) is 35.7 Å². The number of amides is 2. The van der Waals surface area contributed by atoms with Crippen LogP contribution in [0.2, 0.25) is 0 Å². The first-order chi connectivity index (χ1) is 11.6. The van der Waals surface area contributed by atoms with Crippen LogP contribution in [-0.4, -0.2) is 52.9 Å². The number of halogens is 3. The fraction of sp³-hybridized carbons (Fsp3) is 0.333. The number of alkyl halides is 3. The first kappa shape index (κ1) is 18.4. The first-order valence-corrected chi connectivity index (χ1v) is 7.06. The summed E-state index contributed by atoms with van der Waals surface area (Å²) >= 11 is 0.